The average molecular weight is 268 g/mol. The molecule has 0 aliphatic heterocycles. The second-order valence-corrected chi connectivity index (χ2v) is 3.89. The van der Waals surface area contributed by atoms with Crippen LogP contribution in [0.4, 0.5) is 5.82 Å². The largest absolute Gasteiger partial charge is 0.504 e. The van der Waals surface area contributed by atoms with Crippen molar-refractivity contribution in [1.29, 1.82) is 10.5 Å². The van der Waals surface area contributed by atoms with Crippen LogP contribution in [0.15, 0.2) is 23.0 Å². The van der Waals surface area contributed by atoms with Crippen LogP contribution < -0.4 is 11.3 Å². The molecule has 5 N–H and O–H groups in total. The van der Waals surface area contributed by atoms with Crippen LogP contribution in [-0.2, 0) is 0 Å². The number of H-pyrrole nitrogens is 1. The summed E-state index contributed by atoms with van der Waals surface area (Å²) in [6.45, 7) is 0. The van der Waals surface area contributed by atoms with E-state index in [0.717, 1.165) is 0 Å². The number of benzene rings is 1. The molecular formula is C13H8N4O3. The Kier molecular flexibility index (Phi) is 3.03. The summed E-state index contributed by atoms with van der Waals surface area (Å²) >= 11 is 0. The summed E-state index contributed by atoms with van der Waals surface area (Å²) in [4.78, 5) is 13.9. The summed E-state index contributed by atoms with van der Waals surface area (Å²) in [5.41, 5.74) is 4.13. The number of nitrogens with one attached hydrogen (secondary N) is 1. The molecule has 0 spiro atoms. The quantitative estimate of drug-likeness (QED) is 0.562. The number of aromatic amines is 1. The summed E-state index contributed by atoms with van der Waals surface area (Å²) in [5, 5.41) is 37.5. The number of rotatable bonds is 1. The Morgan fingerprint density at radius 1 is 1.15 bits per heavy atom. The van der Waals surface area contributed by atoms with E-state index >= 15 is 0 Å². The molecular weight excluding hydrogens is 260 g/mol. The van der Waals surface area contributed by atoms with Gasteiger partial charge in [0.25, 0.3) is 5.56 Å². The third kappa shape index (κ3) is 1.80. The van der Waals surface area contributed by atoms with E-state index in [2.05, 4.69) is 4.98 Å². The molecule has 0 aliphatic rings. The Morgan fingerprint density at radius 3 is 2.40 bits per heavy atom. The molecule has 7 heteroatoms. The standard InChI is InChI=1S/C13H8N4O3/c14-4-7-10(6-2-1-3-9(18)11(6)19)8(5-15)13(20)17-12(7)16/h1-3,18-19H,(H3,16,17,20). The lowest BCUT2D eigenvalue weighted by Gasteiger charge is -2.10. The third-order valence-corrected chi connectivity index (χ3v) is 2.75. The molecule has 0 aliphatic carbocycles. The number of nitrogens with two attached hydrogens (primary N) is 1. The lowest BCUT2D eigenvalue weighted by molar-refractivity contribution is 0.405. The van der Waals surface area contributed by atoms with Crippen LogP contribution in [0, 0.1) is 22.7 Å². The van der Waals surface area contributed by atoms with Gasteiger partial charge in [0.2, 0.25) is 0 Å². The van der Waals surface area contributed by atoms with Crippen molar-refractivity contribution in [2.75, 3.05) is 5.73 Å². The monoisotopic (exact) mass is 268 g/mol. The fraction of sp³-hybridized carbons (Fsp3) is 0. The molecule has 0 saturated heterocycles. The normalized spacial score (nSPS) is 9.70. The number of phenolic OH excluding ortho intramolecular Hbond substituents is 2. The lowest BCUT2D eigenvalue weighted by atomic mass is 9.95. The molecule has 0 bridgehead atoms. The zero-order chi connectivity index (χ0) is 14.9. The van der Waals surface area contributed by atoms with Crippen LogP contribution in [0.1, 0.15) is 11.1 Å². The van der Waals surface area contributed by atoms with Crippen LogP contribution in [0.3, 0.4) is 0 Å². The van der Waals surface area contributed by atoms with Crippen LogP contribution >= 0.6 is 0 Å². The fourth-order valence-electron chi connectivity index (χ4n) is 1.85. The van der Waals surface area contributed by atoms with Crippen molar-refractivity contribution < 1.29 is 10.2 Å². The number of aromatic nitrogens is 1. The molecule has 2 rings (SSSR count). The summed E-state index contributed by atoms with van der Waals surface area (Å²) in [7, 11) is 0. The predicted molar refractivity (Wildman–Crippen MR) is 69.7 cm³/mol. The van der Waals surface area contributed by atoms with Crippen molar-refractivity contribution in [3.8, 4) is 34.8 Å². The van der Waals surface area contributed by atoms with E-state index in [1.807, 2.05) is 0 Å². The molecule has 2 aromatic rings. The van der Waals surface area contributed by atoms with Gasteiger partial charge in [0.05, 0.1) is 0 Å². The highest BCUT2D eigenvalue weighted by atomic mass is 16.3. The zero-order valence-corrected chi connectivity index (χ0v) is 10.0. The average Bonchev–Trinajstić information content (AvgIpc) is 2.41. The molecule has 1 aromatic carbocycles. The van der Waals surface area contributed by atoms with Gasteiger partial charge >= 0.3 is 0 Å². The molecule has 20 heavy (non-hydrogen) atoms. The minimum atomic E-state index is -0.776. The van der Waals surface area contributed by atoms with Crippen LogP contribution in [-0.4, -0.2) is 15.2 Å². The number of hydrogen-bond donors (Lipinski definition) is 4. The Morgan fingerprint density at radius 2 is 1.80 bits per heavy atom. The Labute approximate surface area is 112 Å². The Bertz CT molecular complexity index is 840. The van der Waals surface area contributed by atoms with Crippen molar-refractivity contribution in [2.24, 2.45) is 0 Å². The van der Waals surface area contributed by atoms with Gasteiger partial charge in [0.1, 0.15) is 29.1 Å². The van der Waals surface area contributed by atoms with Gasteiger partial charge in [-0.15, -0.1) is 0 Å². The molecule has 0 fully saturated rings. The van der Waals surface area contributed by atoms with E-state index in [1.54, 1.807) is 12.1 Å². The molecule has 1 aromatic heterocycles. The smallest absolute Gasteiger partial charge is 0.268 e. The van der Waals surface area contributed by atoms with E-state index < -0.39 is 17.1 Å². The topological polar surface area (TPSA) is 147 Å². The molecule has 0 amide bonds. The predicted octanol–water partition coefficient (Wildman–Crippen LogP) is 0.779. The van der Waals surface area contributed by atoms with E-state index in [-0.39, 0.29) is 28.1 Å². The number of nitriles is 2. The first-order chi connectivity index (χ1) is 9.51. The number of aromatic hydroxyl groups is 2. The third-order valence-electron chi connectivity index (χ3n) is 2.75. The maximum Gasteiger partial charge on any atom is 0.268 e. The summed E-state index contributed by atoms with van der Waals surface area (Å²) < 4.78 is 0. The van der Waals surface area contributed by atoms with Gasteiger partial charge in [-0.25, -0.2) is 0 Å². The maximum absolute atomic E-state index is 11.7. The van der Waals surface area contributed by atoms with Gasteiger partial charge in [-0.3, -0.25) is 4.79 Å². The SMILES string of the molecule is N#Cc1c(N)[nH]c(=O)c(C#N)c1-c1cccc(O)c1O. The highest BCUT2D eigenvalue weighted by Gasteiger charge is 2.21. The molecule has 1 heterocycles. The van der Waals surface area contributed by atoms with Gasteiger partial charge in [-0.1, -0.05) is 12.1 Å². The van der Waals surface area contributed by atoms with Crippen molar-refractivity contribution in [2.45, 2.75) is 0 Å². The number of para-hydroxylation sites is 1. The number of nitrogen functional groups attached to an aromatic ring is 1. The van der Waals surface area contributed by atoms with E-state index in [9.17, 15) is 15.0 Å². The van der Waals surface area contributed by atoms with Crippen LogP contribution in [0.2, 0.25) is 0 Å². The first-order valence-electron chi connectivity index (χ1n) is 5.38. The van der Waals surface area contributed by atoms with Gasteiger partial charge in [-0.05, 0) is 6.07 Å². The van der Waals surface area contributed by atoms with Gasteiger partial charge in [0, 0.05) is 11.1 Å². The van der Waals surface area contributed by atoms with Crippen molar-refractivity contribution in [3.05, 3.63) is 39.7 Å². The summed E-state index contributed by atoms with van der Waals surface area (Å²) in [5.74, 6) is -1.19. The number of phenols is 2. The van der Waals surface area contributed by atoms with Crippen molar-refractivity contribution >= 4 is 5.82 Å². The zero-order valence-electron chi connectivity index (χ0n) is 10.0. The van der Waals surface area contributed by atoms with Crippen LogP contribution in [0.5, 0.6) is 11.5 Å². The second-order valence-electron chi connectivity index (χ2n) is 3.89. The van der Waals surface area contributed by atoms with E-state index in [0.29, 0.717) is 0 Å². The minimum Gasteiger partial charge on any atom is -0.504 e. The number of hydrogen-bond acceptors (Lipinski definition) is 6. The van der Waals surface area contributed by atoms with Crippen molar-refractivity contribution in [1.82, 2.24) is 4.98 Å². The fourth-order valence-corrected chi connectivity index (χ4v) is 1.85. The highest BCUT2D eigenvalue weighted by Crippen LogP contribution is 2.39. The molecule has 0 atom stereocenters. The molecule has 0 unspecified atom stereocenters. The molecule has 0 radical (unpaired) electrons. The lowest BCUT2D eigenvalue weighted by Crippen LogP contribution is -2.16. The molecule has 7 nitrogen and oxygen atoms in total. The van der Waals surface area contributed by atoms with Crippen molar-refractivity contribution in [3.63, 3.8) is 0 Å². The summed E-state index contributed by atoms with van der Waals surface area (Å²) in [6.07, 6.45) is 0. The van der Waals surface area contributed by atoms with Crippen LogP contribution in [0.25, 0.3) is 11.1 Å². The summed E-state index contributed by atoms with van der Waals surface area (Å²) in [6, 6.07) is 7.44. The van der Waals surface area contributed by atoms with Gasteiger partial charge < -0.3 is 20.9 Å². The maximum atomic E-state index is 11.7. The highest BCUT2D eigenvalue weighted by molar-refractivity contribution is 5.84. The number of anilines is 1. The van der Waals surface area contributed by atoms with Gasteiger partial charge in [0.15, 0.2) is 11.5 Å². The minimum absolute atomic E-state index is 0.0177. The number of pyridine rings is 1. The Balaban J connectivity index is 3.01. The first kappa shape index (κ1) is 13.0. The molecule has 98 valence electrons. The second kappa shape index (κ2) is 4.67. The number of nitrogens with zero attached hydrogens (tertiary/aromatic N) is 2. The van der Waals surface area contributed by atoms with E-state index in [4.69, 9.17) is 16.3 Å². The van der Waals surface area contributed by atoms with Gasteiger partial charge in [-0.2, -0.15) is 10.5 Å². The van der Waals surface area contributed by atoms with E-state index in [1.165, 1.54) is 18.2 Å². The Hall–Kier alpha value is -3.45. The first-order valence-corrected chi connectivity index (χ1v) is 5.38. The molecule has 0 saturated carbocycles.